The van der Waals surface area contributed by atoms with E-state index < -0.39 is 35.0 Å². The molecule has 78 heavy (non-hydrogen) atoms. The highest BCUT2D eigenvalue weighted by Gasteiger charge is 2.59. The monoisotopic (exact) mass is 1070 g/mol. The van der Waals surface area contributed by atoms with E-state index in [2.05, 4.69) is 64.6 Å². The van der Waals surface area contributed by atoms with Crippen molar-refractivity contribution in [3.8, 4) is 0 Å². The third kappa shape index (κ3) is 10.4. The first kappa shape index (κ1) is 53.3. The predicted octanol–water partition coefficient (Wildman–Crippen LogP) is 10.1. The molecule has 8 saturated heterocycles. The number of esters is 2. The van der Waals surface area contributed by atoms with E-state index in [9.17, 15) is 14.7 Å². The molecule has 3 aromatic carbocycles. The molecule has 0 aliphatic carbocycles. The van der Waals surface area contributed by atoms with Gasteiger partial charge < -0.3 is 57.2 Å². The molecule has 1 N–H and O–H groups in total. The number of hydrogen-bond donors (Lipinski definition) is 1. The van der Waals surface area contributed by atoms with Crippen LogP contribution in [-0.2, 0) is 56.9 Å². The number of rotatable bonds is 5. The van der Waals surface area contributed by atoms with Crippen LogP contribution in [0.4, 0.5) is 0 Å². The van der Waals surface area contributed by atoms with E-state index in [4.69, 9.17) is 52.1 Å². The van der Waals surface area contributed by atoms with E-state index in [0.717, 1.165) is 84.9 Å². The van der Waals surface area contributed by atoms with Gasteiger partial charge in [-0.25, -0.2) is 4.79 Å². The largest absolute Gasteiger partial charge is 0.459 e. The van der Waals surface area contributed by atoms with Crippen molar-refractivity contribution in [2.75, 3.05) is 6.61 Å². The molecule has 21 atom stereocenters. The molecule has 14 heteroatoms. The molecule has 10 aliphatic rings. The Bertz CT molecular complexity index is 2740. The summed E-state index contributed by atoms with van der Waals surface area (Å²) in [5.74, 6) is -0.259. The van der Waals surface area contributed by atoms with E-state index in [1.165, 1.54) is 0 Å². The van der Waals surface area contributed by atoms with E-state index in [-0.39, 0.29) is 111 Å². The lowest BCUT2D eigenvalue weighted by Crippen LogP contribution is -2.65. The van der Waals surface area contributed by atoms with Crippen molar-refractivity contribution in [1.82, 2.24) is 0 Å². The van der Waals surface area contributed by atoms with Crippen LogP contribution in [0.5, 0.6) is 0 Å². The highest BCUT2D eigenvalue weighted by atomic mass is 16.6. The van der Waals surface area contributed by atoms with E-state index in [1.54, 1.807) is 0 Å². The molecule has 0 radical (unpaired) electrons. The first-order valence-corrected chi connectivity index (χ1v) is 29.6. The maximum Gasteiger partial charge on any atom is 0.339 e. The quantitative estimate of drug-likeness (QED) is 0.146. The summed E-state index contributed by atoms with van der Waals surface area (Å²) in [7, 11) is 0. The van der Waals surface area contributed by atoms with Crippen LogP contribution in [0.15, 0.2) is 91.1 Å². The van der Waals surface area contributed by atoms with Gasteiger partial charge in [0.05, 0.1) is 108 Å². The Labute approximate surface area is 458 Å². The molecular weight excluding hydrogens is 993 g/mol. The second kappa shape index (κ2) is 21.4. The van der Waals surface area contributed by atoms with Gasteiger partial charge in [0, 0.05) is 25.7 Å². The molecule has 13 rings (SSSR count). The van der Waals surface area contributed by atoms with Gasteiger partial charge in [-0.15, -0.1) is 0 Å². The zero-order valence-electron chi connectivity index (χ0n) is 45.9. The first-order valence-electron chi connectivity index (χ1n) is 29.6. The van der Waals surface area contributed by atoms with Gasteiger partial charge in [0.1, 0.15) is 31.0 Å². The molecule has 8 fully saturated rings. The number of carbonyl (C=O) groups excluding carboxylic acids is 2. The fourth-order valence-corrected chi connectivity index (χ4v) is 15.7. The van der Waals surface area contributed by atoms with Crippen molar-refractivity contribution < 1.29 is 66.8 Å². The van der Waals surface area contributed by atoms with E-state index in [1.807, 2.05) is 48.5 Å². The average Bonchev–Trinajstić information content (AvgIpc) is 3.85. The zero-order valence-corrected chi connectivity index (χ0v) is 45.9. The summed E-state index contributed by atoms with van der Waals surface area (Å²) in [6.07, 6.45) is 15.2. The Hall–Kier alpha value is -4.06. The Morgan fingerprint density at radius 2 is 1.36 bits per heavy atom. The van der Waals surface area contributed by atoms with Crippen molar-refractivity contribution in [2.45, 2.75) is 251 Å². The smallest absolute Gasteiger partial charge is 0.339 e. The minimum atomic E-state index is -0.745. The van der Waals surface area contributed by atoms with Crippen LogP contribution in [0.2, 0.25) is 0 Å². The molecule has 3 aromatic rings. The number of aliphatic hydroxyl groups is 1. The van der Waals surface area contributed by atoms with E-state index >= 15 is 0 Å². The number of carbonyl (C=O) groups is 2. The molecule has 0 spiro atoms. The summed E-state index contributed by atoms with van der Waals surface area (Å²) in [5.41, 5.74) is -0.433. The highest BCUT2D eigenvalue weighted by molar-refractivity contribution is 6.16. The molecule has 0 saturated carbocycles. The van der Waals surface area contributed by atoms with Crippen LogP contribution >= 0.6 is 0 Å². The third-order valence-corrected chi connectivity index (χ3v) is 19.5. The number of ether oxygens (including phenoxy) is 11. The summed E-state index contributed by atoms with van der Waals surface area (Å²) in [5, 5.41) is 15.3. The van der Waals surface area contributed by atoms with Gasteiger partial charge in [-0.05, 0) is 131 Å². The first-order chi connectivity index (χ1) is 37.7. The van der Waals surface area contributed by atoms with Crippen LogP contribution in [0.3, 0.4) is 0 Å². The number of benzene rings is 3. The Morgan fingerprint density at radius 3 is 2.14 bits per heavy atom. The number of aliphatic hydroxyl groups excluding tert-OH is 1. The SMILES string of the molecule is C=C(COC(=O)c1c2ccccc2cc2ccccc12)C[C@@H]1C[C@H](O)[C@@H]2O[C@@H]3C[C@]4(C)O[C@@H]5C=CC[C@@H]6O[C@@H]7CC[C@]8(C)O[C@]9(C)C[C@H](C)C[C@@H]%10OC(=O)CC%10OC9CC8OC7CC=CCC6OC5CCCC4OC3CC2O1. The number of hydrogen-bond acceptors (Lipinski definition) is 14. The predicted molar refractivity (Wildman–Crippen MR) is 290 cm³/mol. The lowest BCUT2D eigenvalue weighted by atomic mass is 9.75. The van der Waals surface area contributed by atoms with Gasteiger partial charge in [-0.2, -0.15) is 0 Å². The number of fused-ring (bicyclic) bond motifs is 11. The Balaban J connectivity index is 0.634. The summed E-state index contributed by atoms with van der Waals surface area (Å²) in [6.45, 7) is 13.1. The summed E-state index contributed by atoms with van der Waals surface area (Å²) >= 11 is 0. The van der Waals surface area contributed by atoms with Gasteiger partial charge in [-0.1, -0.05) is 86.3 Å². The third-order valence-electron chi connectivity index (χ3n) is 19.5. The summed E-state index contributed by atoms with van der Waals surface area (Å²) < 4.78 is 75.1. The Kier molecular flexibility index (Phi) is 14.6. The maximum absolute atomic E-state index is 13.7. The van der Waals surface area contributed by atoms with Crippen molar-refractivity contribution >= 4 is 33.5 Å². The van der Waals surface area contributed by atoms with Gasteiger partial charge >= 0.3 is 11.9 Å². The zero-order chi connectivity index (χ0) is 53.5. The minimum absolute atomic E-state index is 0.0485. The molecule has 0 aromatic heterocycles. The molecule has 14 nitrogen and oxygen atoms in total. The molecule has 10 heterocycles. The van der Waals surface area contributed by atoms with Crippen molar-refractivity contribution in [1.29, 1.82) is 0 Å². The molecule has 9 unspecified atom stereocenters. The van der Waals surface area contributed by atoms with Gasteiger partial charge in [0.2, 0.25) is 0 Å². The second-order valence-corrected chi connectivity index (χ2v) is 25.5. The summed E-state index contributed by atoms with van der Waals surface area (Å²) in [6, 6.07) is 17.8. The second-order valence-electron chi connectivity index (χ2n) is 25.5. The average molecular weight is 1070 g/mol. The fraction of sp³-hybridized carbons (Fsp3) is 0.656. The van der Waals surface area contributed by atoms with Gasteiger partial charge in [0.25, 0.3) is 0 Å². The van der Waals surface area contributed by atoms with Crippen molar-refractivity contribution in [3.63, 3.8) is 0 Å². The van der Waals surface area contributed by atoms with Crippen LogP contribution in [-0.4, -0.2) is 144 Å². The van der Waals surface area contributed by atoms with E-state index in [0.29, 0.717) is 50.0 Å². The summed E-state index contributed by atoms with van der Waals surface area (Å²) in [4.78, 5) is 26.2. The van der Waals surface area contributed by atoms with Crippen LogP contribution in [0.25, 0.3) is 21.5 Å². The molecule has 10 aliphatic heterocycles. The topological polar surface area (TPSA) is 156 Å². The maximum atomic E-state index is 13.7. The lowest BCUT2D eigenvalue weighted by molar-refractivity contribution is -0.316. The highest BCUT2D eigenvalue weighted by Crippen LogP contribution is 2.51. The Morgan fingerprint density at radius 1 is 0.667 bits per heavy atom. The fourth-order valence-electron chi connectivity index (χ4n) is 15.7. The standard InChI is InChI=1S/C64H80O14/c1-36-27-50-52(31-58(66)75-50)74-57-32-56-62(3,78-64(57,5)33-36)25-24-48-46(72-56)19-11-10-18-44-45(71-48)20-12-22-49-47(70-44)21-13-23-55-63(4,77-49)34-54-51(73-55)30-53-60(76-54)43(65)29-40(69-53)26-37(2)35-68-61(67)59-41-16-8-6-14-38(41)28-39-15-7-9-17-42(39)59/h6-12,14-17,22,28,36,40,43-57,60,65H,2,13,18-21,23-27,29-35H2,1,3-5H3/t36-,40-,43+,44?,45+,46?,47?,48-,49-,50+,51?,52?,53?,54-,55?,56?,57?,60+,62+,63+,64-/m1/s1. The normalized spacial score (nSPS) is 44.4. The van der Waals surface area contributed by atoms with Crippen LogP contribution < -0.4 is 0 Å². The van der Waals surface area contributed by atoms with Gasteiger partial charge in [0.15, 0.2) is 0 Å². The molecule has 420 valence electrons. The molecule has 0 bridgehead atoms. The molecular formula is C64H80O14. The van der Waals surface area contributed by atoms with Crippen LogP contribution in [0, 0.1) is 5.92 Å². The lowest BCUT2D eigenvalue weighted by Gasteiger charge is -2.55. The van der Waals surface area contributed by atoms with Crippen LogP contribution in [0.1, 0.15) is 141 Å². The minimum Gasteiger partial charge on any atom is -0.459 e. The van der Waals surface area contributed by atoms with Crippen molar-refractivity contribution in [2.24, 2.45) is 5.92 Å². The van der Waals surface area contributed by atoms with Gasteiger partial charge in [-0.3, -0.25) is 4.79 Å². The molecule has 0 amide bonds. The van der Waals surface area contributed by atoms with Crippen molar-refractivity contribution in [3.05, 3.63) is 96.6 Å².